The normalized spacial score (nSPS) is 12.6. The van der Waals surface area contributed by atoms with Crippen LogP contribution in [0.15, 0.2) is 152 Å². The molecule has 0 aliphatic rings. The summed E-state index contributed by atoms with van der Waals surface area (Å²) < 4.78 is 4.72. The van der Waals surface area contributed by atoms with E-state index in [1.165, 1.54) is 32.8 Å². The van der Waals surface area contributed by atoms with Crippen LogP contribution in [-0.2, 0) is 10.8 Å². The molecule has 0 aliphatic carbocycles. The molecule has 4 nitrogen and oxygen atoms in total. The van der Waals surface area contributed by atoms with Crippen molar-refractivity contribution in [2.75, 3.05) is 0 Å². The van der Waals surface area contributed by atoms with Crippen molar-refractivity contribution in [1.29, 1.82) is 0 Å². The average Bonchev–Trinajstić information content (AvgIpc) is 3.76. The molecule has 3 aromatic heterocycles. The van der Waals surface area contributed by atoms with Gasteiger partial charge in [-0.1, -0.05) is 157 Å². The number of pyridine rings is 1. The molecule has 0 saturated carbocycles. The highest BCUT2D eigenvalue weighted by atomic mass is 28.3. The summed E-state index contributed by atoms with van der Waals surface area (Å²) in [6.07, 6.45) is 1.89. The molecular formula is C53H52N4Si. The van der Waals surface area contributed by atoms with Crippen molar-refractivity contribution in [3.05, 3.63) is 163 Å². The molecule has 0 aliphatic heterocycles. The summed E-state index contributed by atoms with van der Waals surface area (Å²) in [5, 5.41) is 3.78. The summed E-state index contributed by atoms with van der Waals surface area (Å²) in [6.45, 7) is 21.1. The van der Waals surface area contributed by atoms with Crippen LogP contribution in [0.25, 0.3) is 78.0 Å². The molecule has 6 aromatic carbocycles. The Labute approximate surface area is 343 Å². The Morgan fingerprint density at radius 1 is 0.500 bits per heavy atom. The van der Waals surface area contributed by atoms with Crippen molar-refractivity contribution < 1.29 is 0 Å². The summed E-state index contributed by atoms with van der Waals surface area (Å²) in [6, 6.07) is 53.5. The summed E-state index contributed by atoms with van der Waals surface area (Å²) in [7, 11) is -1.64. The number of benzene rings is 6. The number of aromatic nitrogens is 4. The Hall–Kier alpha value is -6.04. The predicted octanol–water partition coefficient (Wildman–Crippen LogP) is 13.7. The van der Waals surface area contributed by atoms with E-state index in [9.17, 15) is 0 Å². The van der Waals surface area contributed by atoms with Gasteiger partial charge in [-0.05, 0) is 87.7 Å². The molecule has 58 heavy (non-hydrogen) atoms. The van der Waals surface area contributed by atoms with Crippen LogP contribution < -0.4 is 5.19 Å². The molecule has 5 heteroatoms. The zero-order valence-corrected chi connectivity index (χ0v) is 36.2. The lowest BCUT2D eigenvalue weighted by atomic mass is 9.79. The van der Waals surface area contributed by atoms with Gasteiger partial charge in [-0.2, -0.15) is 0 Å². The lowest BCUT2D eigenvalue weighted by Gasteiger charge is -2.26. The second-order valence-corrected chi connectivity index (χ2v) is 23.9. The second kappa shape index (κ2) is 13.8. The minimum atomic E-state index is -1.64. The van der Waals surface area contributed by atoms with Gasteiger partial charge in [-0.25, -0.2) is 9.97 Å². The van der Waals surface area contributed by atoms with Gasteiger partial charge < -0.3 is 0 Å². The lowest BCUT2D eigenvalue weighted by molar-refractivity contribution is 0.569. The first-order chi connectivity index (χ1) is 27.7. The number of imidazole rings is 1. The number of hydrogen-bond donors (Lipinski definition) is 0. The monoisotopic (exact) mass is 772 g/mol. The topological polar surface area (TPSA) is 35.6 Å². The van der Waals surface area contributed by atoms with Crippen molar-refractivity contribution in [1.82, 2.24) is 19.1 Å². The van der Waals surface area contributed by atoms with E-state index in [0.717, 1.165) is 61.5 Å². The Morgan fingerprint density at radius 3 is 1.88 bits per heavy atom. The highest BCUT2D eigenvalue weighted by molar-refractivity contribution is 6.88. The Kier molecular flexibility index (Phi) is 8.94. The van der Waals surface area contributed by atoms with E-state index in [-0.39, 0.29) is 10.8 Å². The first kappa shape index (κ1) is 37.5. The Morgan fingerprint density at radius 2 is 1.16 bits per heavy atom. The number of hydrogen-bond acceptors (Lipinski definition) is 2. The van der Waals surface area contributed by atoms with E-state index in [1.54, 1.807) is 0 Å². The molecule has 0 radical (unpaired) electrons. The second-order valence-electron chi connectivity index (χ2n) is 18.9. The summed E-state index contributed by atoms with van der Waals surface area (Å²) in [5.41, 5.74) is 14.6. The SMILES string of the molecule is CC(C)(C)c1cc(-c2nc3c(-c4cccc(-n5c6ccccc6c6cccnc65)c4)cccc3n2-c2ccc([Si](C)(C)C)cc2-c2ccccc2)cc(C(C)(C)C)c1. The van der Waals surface area contributed by atoms with E-state index < -0.39 is 8.07 Å². The third-order valence-corrected chi connectivity index (χ3v) is 13.7. The molecule has 0 amide bonds. The fourth-order valence-electron chi connectivity index (χ4n) is 8.31. The van der Waals surface area contributed by atoms with Gasteiger partial charge in [0.15, 0.2) is 0 Å². The largest absolute Gasteiger partial charge is 0.294 e. The molecule has 0 unspecified atom stereocenters. The smallest absolute Gasteiger partial charge is 0.145 e. The van der Waals surface area contributed by atoms with E-state index in [0.29, 0.717) is 0 Å². The maximum absolute atomic E-state index is 5.73. The van der Waals surface area contributed by atoms with Crippen molar-refractivity contribution in [3.8, 4) is 45.0 Å². The molecule has 0 atom stereocenters. The molecule has 0 bridgehead atoms. The molecule has 9 aromatic rings. The van der Waals surface area contributed by atoms with Crippen molar-refractivity contribution in [2.24, 2.45) is 0 Å². The number of rotatable bonds is 6. The quantitative estimate of drug-likeness (QED) is 0.158. The molecule has 0 fully saturated rings. The number of para-hydroxylation sites is 2. The standard InChI is InChI=1S/C53H52N4Si/c1-52(2,3)38-30-37(31-39(33-38)53(4,5)6)50-55-49-42(36-20-15-21-40(32-36)56-46-25-14-13-22-43(46)44-24-17-29-54-51(44)56)23-16-26-48(49)57(50)47-28-27-41(58(7,8)9)34-45(47)35-18-11-10-12-19-35/h10-34H,1-9H3. The van der Waals surface area contributed by atoms with Crippen molar-refractivity contribution >= 4 is 46.2 Å². The zero-order valence-electron chi connectivity index (χ0n) is 35.2. The fraction of sp³-hybridized carbons (Fsp3) is 0.208. The highest BCUT2D eigenvalue weighted by Gasteiger charge is 2.26. The lowest BCUT2D eigenvalue weighted by Crippen LogP contribution is -2.37. The van der Waals surface area contributed by atoms with Crippen LogP contribution in [0.1, 0.15) is 52.7 Å². The highest BCUT2D eigenvalue weighted by Crippen LogP contribution is 2.41. The van der Waals surface area contributed by atoms with Crippen LogP contribution in [0.4, 0.5) is 0 Å². The Bertz CT molecular complexity index is 2910. The molecule has 0 N–H and O–H groups in total. The Balaban J connectivity index is 1.35. The van der Waals surface area contributed by atoms with Crippen LogP contribution in [0, 0.1) is 0 Å². The van der Waals surface area contributed by atoms with Gasteiger partial charge in [0.25, 0.3) is 0 Å². The number of nitrogens with zero attached hydrogens (tertiary/aromatic N) is 4. The van der Waals surface area contributed by atoms with Gasteiger partial charge in [0.05, 0.1) is 30.3 Å². The van der Waals surface area contributed by atoms with Gasteiger partial charge in [0, 0.05) is 39.3 Å². The minimum Gasteiger partial charge on any atom is -0.294 e. The van der Waals surface area contributed by atoms with Crippen molar-refractivity contribution in [3.63, 3.8) is 0 Å². The number of fused-ring (bicyclic) bond motifs is 4. The van der Waals surface area contributed by atoms with Gasteiger partial charge in [0.1, 0.15) is 11.5 Å². The van der Waals surface area contributed by atoms with E-state index in [2.05, 4.69) is 210 Å². The van der Waals surface area contributed by atoms with E-state index >= 15 is 0 Å². The third-order valence-electron chi connectivity index (χ3n) is 11.6. The van der Waals surface area contributed by atoms with Crippen LogP contribution in [-0.4, -0.2) is 27.2 Å². The van der Waals surface area contributed by atoms with Crippen LogP contribution in [0.5, 0.6) is 0 Å². The minimum absolute atomic E-state index is 0.0473. The van der Waals surface area contributed by atoms with E-state index in [4.69, 9.17) is 9.97 Å². The summed E-state index contributed by atoms with van der Waals surface area (Å²) in [5.74, 6) is 0.944. The van der Waals surface area contributed by atoms with Gasteiger partial charge in [0.2, 0.25) is 0 Å². The van der Waals surface area contributed by atoms with Gasteiger partial charge >= 0.3 is 0 Å². The molecule has 288 valence electrons. The third kappa shape index (κ3) is 6.57. The molecule has 3 heterocycles. The maximum atomic E-state index is 5.73. The van der Waals surface area contributed by atoms with Crippen molar-refractivity contribution in [2.45, 2.75) is 72.0 Å². The van der Waals surface area contributed by atoms with Gasteiger partial charge in [-0.3, -0.25) is 9.13 Å². The van der Waals surface area contributed by atoms with Crippen LogP contribution in [0.3, 0.4) is 0 Å². The van der Waals surface area contributed by atoms with E-state index in [1.807, 2.05) is 12.3 Å². The predicted molar refractivity (Wildman–Crippen MR) is 250 cm³/mol. The summed E-state index contributed by atoms with van der Waals surface area (Å²) in [4.78, 5) is 10.6. The maximum Gasteiger partial charge on any atom is 0.145 e. The first-order valence-electron chi connectivity index (χ1n) is 20.5. The molecule has 0 spiro atoms. The van der Waals surface area contributed by atoms with Crippen LogP contribution in [0.2, 0.25) is 19.6 Å². The van der Waals surface area contributed by atoms with Crippen LogP contribution >= 0.6 is 0 Å². The molecule has 9 rings (SSSR count). The molecule has 0 saturated heterocycles. The molecular weight excluding hydrogens is 721 g/mol. The average molecular weight is 773 g/mol. The first-order valence-corrected chi connectivity index (χ1v) is 24.0. The van der Waals surface area contributed by atoms with Gasteiger partial charge in [-0.15, -0.1) is 0 Å². The zero-order chi connectivity index (χ0) is 40.6. The fourth-order valence-corrected chi connectivity index (χ4v) is 9.47. The summed E-state index contributed by atoms with van der Waals surface area (Å²) >= 11 is 0.